The van der Waals surface area contributed by atoms with Crippen molar-refractivity contribution in [1.29, 1.82) is 0 Å². The minimum absolute atomic E-state index is 0.0375. The van der Waals surface area contributed by atoms with Gasteiger partial charge in [0.15, 0.2) is 5.78 Å². The maximum absolute atomic E-state index is 13.4. The number of hydrogen-bond donors (Lipinski definition) is 0. The zero-order valence-electron chi connectivity index (χ0n) is 15.3. The first-order valence-electron chi connectivity index (χ1n) is 8.86. The van der Waals surface area contributed by atoms with Gasteiger partial charge in [0.2, 0.25) is 0 Å². The number of carbonyl (C=O) groups excluding carboxylic acids is 2. The summed E-state index contributed by atoms with van der Waals surface area (Å²) in [5.74, 6) is -0.604. The Kier molecular flexibility index (Phi) is 5.16. The van der Waals surface area contributed by atoms with Gasteiger partial charge in [0.25, 0.3) is 0 Å². The fourth-order valence-electron chi connectivity index (χ4n) is 3.46. The molecule has 0 saturated carbocycles. The van der Waals surface area contributed by atoms with Crippen LogP contribution in [0.15, 0.2) is 24.3 Å². The van der Waals surface area contributed by atoms with Gasteiger partial charge >= 0.3 is 5.97 Å². The maximum atomic E-state index is 13.4. The van der Waals surface area contributed by atoms with Gasteiger partial charge in [-0.25, -0.2) is 9.37 Å². The molecule has 0 N–H and O–H groups in total. The van der Waals surface area contributed by atoms with Crippen LogP contribution in [-0.4, -0.2) is 16.7 Å². The van der Waals surface area contributed by atoms with E-state index in [0.717, 1.165) is 40.8 Å². The molecular formula is C21H22FNO3. The fourth-order valence-corrected chi connectivity index (χ4v) is 3.46. The zero-order chi connectivity index (χ0) is 18.8. The number of fused-ring (bicyclic) bond motifs is 1. The Morgan fingerprint density at radius 1 is 1.23 bits per heavy atom. The van der Waals surface area contributed by atoms with Crippen LogP contribution in [0.25, 0.3) is 11.1 Å². The van der Waals surface area contributed by atoms with Crippen LogP contribution in [0.3, 0.4) is 0 Å². The van der Waals surface area contributed by atoms with E-state index in [1.807, 2.05) is 13.8 Å². The van der Waals surface area contributed by atoms with Crippen LogP contribution in [0.2, 0.25) is 0 Å². The normalized spacial score (nSPS) is 13.7. The van der Waals surface area contributed by atoms with Crippen LogP contribution in [-0.2, 0) is 22.6 Å². The van der Waals surface area contributed by atoms with Gasteiger partial charge in [-0.2, -0.15) is 0 Å². The Morgan fingerprint density at radius 2 is 1.92 bits per heavy atom. The van der Waals surface area contributed by atoms with Gasteiger partial charge in [0.1, 0.15) is 18.1 Å². The van der Waals surface area contributed by atoms with Crippen LogP contribution in [0, 0.1) is 5.82 Å². The third kappa shape index (κ3) is 3.52. The van der Waals surface area contributed by atoms with E-state index < -0.39 is 0 Å². The molecule has 136 valence electrons. The molecule has 0 fully saturated rings. The lowest BCUT2D eigenvalue weighted by Crippen LogP contribution is -2.19. The minimum atomic E-state index is -0.376. The molecule has 26 heavy (non-hydrogen) atoms. The molecule has 1 aromatic carbocycles. The number of nitrogens with zero attached hydrogens (tertiary/aromatic N) is 1. The summed E-state index contributed by atoms with van der Waals surface area (Å²) in [4.78, 5) is 28.5. The maximum Gasteiger partial charge on any atom is 0.302 e. The van der Waals surface area contributed by atoms with Gasteiger partial charge in [0.05, 0.1) is 5.69 Å². The molecule has 5 heteroatoms. The van der Waals surface area contributed by atoms with E-state index in [2.05, 4.69) is 4.98 Å². The van der Waals surface area contributed by atoms with E-state index in [0.29, 0.717) is 12.1 Å². The number of rotatable bonds is 4. The third-order valence-corrected chi connectivity index (χ3v) is 4.63. The second-order valence-electron chi connectivity index (χ2n) is 6.90. The zero-order valence-corrected chi connectivity index (χ0v) is 15.3. The smallest absolute Gasteiger partial charge is 0.302 e. The molecule has 0 atom stereocenters. The lowest BCUT2D eigenvalue weighted by Gasteiger charge is -2.25. The first-order chi connectivity index (χ1) is 12.4. The molecule has 0 radical (unpaired) electrons. The number of esters is 1. The fraction of sp³-hybridized carbons (Fsp3) is 0.381. The second-order valence-corrected chi connectivity index (χ2v) is 6.90. The highest BCUT2D eigenvalue weighted by atomic mass is 19.1. The van der Waals surface area contributed by atoms with E-state index in [4.69, 9.17) is 4.74 Å². The molecule has 1 aliphatic rings. The SMILES string of the molecule is CC(=O)OCc1c(C(C)C)nc2c(c1-c1ccc(F)cc1)CCCC2=O. The molecule has 4 nitrogen and oxygen atoms in total. The number of pyridine rings is 1. The second kappa shape index (κ2) is 7.36. The van der Waals surface area contributed by atoms with Crippen LogP contribution in [0.1, 0.15) is 66.8 Å². The van der Waals surface area contributed by atoms with Crippen LogP contribution >= 0.6 is 0 Å². The van der Waals surface area contributed by atoms with Crippen molar-refractivity contribution in [1.82, 2.24) is 4.98 Å². The number of carbonyl (C=O) groups is 2. The molecule has 0 aliphatic heterocycles. The van der Waals surface area contributed by atoms with Gasteiger partial charge < -0.3 is 4.74 Å². The van der Waals surface area contributed by atoms with Gasteiger partial charge in [0, 0.05) is 18.9 Å². The quantitative estimate of drug-likeness (QED) is 0.753. The average Bonchev–Trinajstić information content (AvgIpc) is 2.60. The van der Waals surface area contributed by atoms with Crippen molar-refractivity contribution in [2.24, 2.45) is 0 Å². The highest BCUT2D eigenvalue weighted by Crippen LogP contribution is 2.37. The van der Waals surface area contributed by atoms with Crippen molar-refractivity contribution >= 4 is 11.8 Å². The van der Waals surface area contributed by atoms with Crippen molar-refractivity contribution in [2.75, 3.05) is 0 Å². The molecule has 0 bridgehead atoms. The summed E-state index contributed by atoms with van der Waals surface area (Å²) >= 11 is 0. The van der Waals surface area contributed by atoms with Crippen molar-refractivity contribution < 1.29 is 18.7 Å². The minimum Gasteiger partial charge on any atom is -0.461 e. The number of benzene rings is 1. The molecule has 0 unspecified atom stereocenters. The summed E-state index contributed by atoms with van der Waals surface area (Å²) in [5, 5.41) is 0. The number of aromatic nitrogens is 1. The van der Waals surface area contributed by atoms with Crippen LogP contribution in [0.4, 0.5) is 4.39 Å². The summed E-state index contributed by atoms with van der Waals surface area (Å²) in [6.07, 6.45) is 1.98. The largest absolute Gasteiger partial charge is 0.461 e. The van der Waals surface area contributed by atoms with E-state index >= 15 is 0 Å². The monoisotopic (exact) mass is 355 g/mol. The van der Waals surface area contributed by atoms with Crippen molar-refractivity contribution in [3.8, 4) is 11.1 Å². The predicted octanol–water partition coefficient (Wildman–Crippen LogP) is 4.59. The lowest BCUT2D eigenvalue weighted by molar-refractivity contribution is -0.142. The summed E-state index contributed by atoms with van der Waals surface area (Å²) in [6.45, 7) is 5.44. The summed E-state index contributed by atoms with van der Waals surface area (Å²) in [5.41, 5.74) is 4.59. The molecule has 0 amide bonds. The van der Waals surface area contributed by atoms with E-state index in [1.165, 1.54) is 19.1 Å². The number of Topliss-reactive ketones (excluding diaryl/α,β-unsaturated/α-hetero) is 1. The highest BCUT2D eigenvalue weighted by Gasteiger charge is 2.28. The number of hydrogen-bond acceptors (Lipinski definition) is 4. The third-order valence-electron chi connectivity index (χ3n) is 4.63. The lowest BCUT2D eigenvalue weighted by atomic mass is 9.84. The van der Waals surface area contributed by atoms with Crippen molar-refractivity contribution in [3.63, 3.8) is 0 Å². The Balaban J connectivity index is 2.29. The molecular weight excluding hydrogens is 333 g/mol. The van der Waals surface area contributed by atoms with Crippen molar-refractivity contribution in [3.05, 3.63) is 52.6 Å². The Morgan fingerprint density at radius 3 is 2.54 bits per heavy atom. The topological polar surface area (TPSA) is 56.3 Å². The van der Waals surface area contributed by atoms with E-state index in [9.17, 15) is 14.0 Å². The predicted molar refractivity (Wildman–Crippen MR) is 96.5 cm³/mol. The van der Waals surface area contributed by atoms with Gasteiger partial charge in [-0.15, -0.1) is 0 Å². The highest BCUT2D eigenvalue weighted by molar-refractivity contribution is 5.99. The molecule has 0 spiro atoms. The van der Waals surface area contributed by atoms with E-state index in [-0.39, 0.29) is 30.1 Å². The molecule has 3 rings (SSSR count). The molecule has 1 aromatic heterocycles. The molecule has 1 heterocycles. The molecule has 0 saturated heterocycles. The first kappa shape index (κ1) is 18.2. The Labute approximate surface area is 152 Å². The standard InChI is InChI=1S/C21H22FNO3/c1-12(2)20-17(11-26-13(3)24)19(14-7-9-15(22)10-8-14)16-5-4-6-18(25)21(16)23-20/h7-10,12H,4-6,11H2,1-3H3. The number of halogens is 1. The van der Waals surface area contributed by atoms with E-state index in [1.54, 1.807) is 12.1 Å². The Hall–Kier alpha value is -2.56. The molecule has 2 aromatic rings. The van der Waals surface area contributed by atoms with Crippen molar-refractivity contribution in [2.45, 2.75) is 52.6 Å². The van der Waals surface area contributed by atoms with Gasteiger partial charge in [-0.3, -0.25) is 9.59 Å². The summed E-state index contributed by atoms with van der Waals surface area (Å²) < 4.78 is 18.7. The first-order valence-corrected chi connectivity index (χ1v) is 8.86. The van der Waals surface area contributed by atoms with Gasteiger partial charge in [-0.1, -0.05) is 26.0 Å². The number of ketones is 1. The number of ether oxygens (including phenoxy) is 1. The summed E-state index contributed by atoms with van der Waals surface area (Å²) in [6, 6.07) is 6.20. The Bertz CT molecular complexity index is 857. The average molecular weight is 355 g/mol. The van der Waals surface area contributed by atoms with Crippen LogP contribution in [0.5, 0.6) is 0 Å². The van der Waals surface area contributed by atoms with Gasteiger partial charge in [-0.05, 0) is 47.6 Å². The molecule has 1 aliphatic carbocycles. The van der Waals surface area contributed by atoms with Crippen LogP contribution < -0.4 is 0 Å². The summed E-state index contributed by atoms with van der Waals surface area (Å²) in [7, 11) is 0.